The van der Waals surface area contributed by atoms with Crippen LogP contribution >= 0.6 is 11.3 Å². The Morgan fingerprint density at radius 1 is 1.33 bits per heavy atom. The van der Waals surface area contributed by atoms with E-state index in [0.29, 0.717) is 12.6 Å². The molecule has 1 heterocycles. The molecule has 0 aliphatic rings. The topological polar surface area (TPSA) is 46.6 Å². The van der Waals surface area contributed by atoms with Gasteiger partial charge in [0.25, 0.3) is 0 Å². The molecule has 0 saturated carbocycles. The normalized spacial score (nSPS) is 12.6. The molecule has 5 nitrogen and oxygen atoms in total. The lowest BCUT2D eigenvalue weighted by atomic mass is 10.2. The zero-order valence-corrected chi connectivity index (χ0v) is 14.8. The molecule has 0 fully saturated rings. The Balaban J connectivity index is 2.72. The summed E-state index contributed by atoms with van der Waals surface area (Å²) in [7, 11) is 5.55. The minimum atomic E-state index is 0.505. The fourth-order valence-electron chi connectivity index (χ4n) is 2.08. The largest absolute Gasteiger partial charge is 0.383 e. The molecule has 1 aromatic heterocycles. The highest BCUT2D eigenvalue weighted by Gasteiger charge is 2.17. The van der Waals surface area contributed by atoms with Crippen LogP contribution in [-0.4, -0.2) is 45.4 Å². The monoisotopic (exact) mass is 315 g/mol. The molecular weight excluding hydrogens is 286 g/mol. The van der Waals surface area contributed by atoms with Crippen LogP contribution in [0, 0.1) is 0 Å². The fraction of sp³-hybridized carbons (Fsp3) is 0.800. The van der Waals surface area contributed by atoms with Gasteiger partial charge in [0, 0.05) is 45.3 Å². The first kappa shape index (κ1) is 18.4. The number of hydrogen-bond acceptors (Lipinski definition) is 6. The van der Waals surface area contributed by atoms with Gasteiger partial charge in [-0.15, -0.1) is 11.3 Å². The Morgan fingerprint density at radius 3 is 2.71 bits per heavy atom. The van der Waals surface area contributed by atoms with Gasteiger partial charge in [0.15, 0.2) is 5.13 Å². The van der Waals surface area contributed by atoms with Crippen molar-refractivity contribution in [3.05, 3.63) is 10.6 Å². The van der Waals surface area contributed by atoms with Crippen molar-refractivity contribution in [1.82, 2.24) is 10.3 Å². The number of nitrogens with one attached hydrogen (secondary N) is 1. The zero-order valence-electron chi connectivity index (χ0n) is 13.9. The lowest BCUT2D eigenvalue weighted by molar-refractivity contribution is 0.181. The highest BCUT2D eigenvalue weighted by Crippen LogP contribution is 2.28. The highest BCUT2D eigenvalue weighted by atomic mass is 32.1. The molecule has 0 aliphatic carbocycles. The Kier molecular flexibility index (Phi) is 8.84. The van der Waals surface area contributed by atoms with Crippen LogP contribution in [0.1, 0.15) is 37.3 Å². The summed E-state index contributed by atoms with van der Waals surface area (Å²) in [5, 5.41) is 4.45. The van der Waals surface area contributed by atoms with Gasteiger partial charge in [0.2, 0.25) is 0 Å². The van der Waals surface area contributed by atoms with Crippen molar-refractivity contribution < 1.29 is 9.47 Å². The minimum Gasteiger partial charge on any atom is -0.383 e. The molecule has 1 rings (SSSR count). The van der Waals surface area contributed by atoms with Gasteiger partial charge in [-0.05, 0) is 13.3 Å². The molecule has 0 radical (unpaired) electrons. The Labute approximate surface area is 132 Å². The standard InChI is InChI=1S/C15H29N3O2S/c1-6-7-12(2)18(3)15-17-13(11-20-5)14(21-15)10-16-8-9-19-4/h12,16H,6-11H2,1-5H3. The predicted octanol–water partition coefficient (Wildman–Crippen LogP) is 2.65. The molecule has 0 amide bonds. The Hall–Kier alpha value is -0.690. The Bertz CT molecular complexity index is 398. The fourth-order valence-corrected chi connectivity index (χ4v) is 3.18. The van der Waals surface area contributed by atoms with Gasteiger partial charge in [0.05, 0.1) is 18.9 Å². The average molecular weight is 315 g/mol. The molecule has 1 N–H and O–H groups in total. The van der Waals surface area contributed by atoms with Gasteiger partial charge in [-0.3, -0.25) is 0 Å². The van der Waals surface area contributed by atoms with Crippen molar-refractivity contribution in [2.24, 2.45) is 0 Å². The number of nitrogens with zero attached hydrogens (tertiary/aromatic N) is 2. The number of rotatable bonds is 11. The smallest absolute Gasteiger partial charge is 0.185 e. The molecule has 1 aromatic rings. The molecule has 21 heavy (non-hydrogen) atoms. The molecule has 0 bridgehead atoms. The zero-order chi connectivity index (χ0) is 15.7. The third-order valence-corrected chi connectivity index (χ3v) is 4.67. The summed E-state index contributed by atoms with van der Waals surface area (Å²) in [6.45, 7) is 7.41. The second-order valence-corrected chi connectivity index (χ2v) is 6.28. The van der Waals surface area contributed by atoms with E-state index in [1.54, 1.807) is 25.6 Å². The van der Waals surface area contributed by atoms with Crippen molar-refractivity contribution in [3.63, 3.8) is 0 Å². The molecule has 6 heteroatoms. The quantitative estimate of drug-likeness (QED) is 0.636. The first-order valence-corrected chi connectivity index (χ1v) is 8.35. The molecular formula is C15H29N3O2S. The van der Waals surface area contributed by atoms with Crippen LogP contribution in [0.15, 0.2) is 0 Å². The Morgan fingerprint density at radius 2 is 2.10 bits per heavy atom. The molecule has 0 aliphatic heterocycles. The van der Waals surface area contributed by atoms with E-state index >= 15 is 0 Å². The summed E-state index contributed by atoms with van der Waals surface area (Å²) in [5.74, 6) is 0. The van der Waals surface area contributed by atoms with Gasteiger partial charge in [-0.1, -0.05) is 13.3 Å². The molecule has 1 unspecified atom stereocenters. The van der Waals surface area contributed by atoms with E-state index in [4.69, 9.17) is 14.5 Å². The van der Waals surface area contributed by atoms with Crippen LogP contribution < -0.4 is 10.2 Å². The highest BCUT2D eigenvalue weighted by molar-refractivity contribution is 7.15. The van der Waals surface area contributed by atoms with E-state index in [1.807, 2.05) is 0 Å². The summed E-state index contributed by atoms with van der Waals surface area (Å²) in [6.07, 6.45) is 2.37. The number of methoxy groups -OCH3 is 2. The van der Waals surface area contributed by atoms with Crippen LogP contribution in [0.3, 0.4) is 0 Å². The molecule has 0 saturated heterocycles. The van der Waals surface area contributed by atoms with Crippen molar-refractivity contribution in [3.8, 4) is 0 Å². The summed E-state index contributed by atoms with van der Waals surface area (Å²) >= 11 is 1.75. The van der Waals surface area contributed by atoms with Gasteiger partial charge < -0.3 is 19.7 Å². The molecule has 0 spiro atoms. The molecule has 1 atom stereocenters. The van der Waals surface area contributed by atoms with Crippen LogP contribution in [-0.2, 0) is 22.6 Å². The number of hydrogen-bond donors (Lipinski definition) is 1. The summed E-state index contributed by atoms with van der Waals surface area (Å²) in [6, 6.07) is 0.505. The number of aromatic nitrogens is 1. The minimum absolute atomic E-state index is 0.505. The third kappa shape index (κ3) is 5.90. The number of thiazole rings is 1. The van der Waals surface area contributed by atoms with Crippen molar-refractivity contribution in [1.29, 1.82) is 0 Å². The maximum atomic E-state index is 5.27. The second-order valence-electron chi connectivity index (χ2n) is 5.22. The van der Waals surface area contributed by atoms with E-state index < -0.39 is 0 Å². The van der Waals surface area contributed by atoms with Crippen molar-refractivity contribution in [2.45, 2.75) is 45.9 Å². The number of anilines is 1. The molecule has 0 aromatic carbocycles. The SMILES string of the molecule is CCCC(C)N(C)c1nc(COC)c(CNCCOC)s1. The van der Waals surface area contributed by atoms with E-state index in [9.17, 15) is 0 Å². The van der Waals surface area contributed by atoms with E-state index in [-0.39, 0.29) is 0 Å². The number of ether oxygens (including phenoxy) is 2. The summed E-state index contributed by atoms with van der Waals surface area (Å²) < 4.78 is 10.3. The van der Waals surface area contributed by atoms with Crippen LogP contribution in [0.5, 0.6) is 0 Å². The van der Waals surface area contributed by atoms with Crippen LogP contribution in [0.4, 0.5) is 5.13 Å². The lowest BCUT2D eigenvalue weighted by Gasteiger charge is -2.23. The predicted molar refractivity (Wildman–Crippen MR) is 89.2 cm³/mol. The van der Waals surface area contributed by atoms with Gasteiger partial charge in [0.1, 0.15) is 0 Å². The van der Waals surface area contributed by atoms with E-state index in [2.05, 4.69) is 31.1 Å². The van der Waals surface area contributed by atoms with Crippen molar-refractivity contribution >= 4 is 16.5 Å². The summed E-state index contributed by atoms with van der Waals surface area (Å²) in [4.78, 5) is 8.27. The third-order valence-electron chi connectivity index (χ3n) is 3.49. The first-order chi connectivity index (χ1) is 10.1. The van der Waals surface area contributed by atoms with Gasteiger partial charge in [-0.2, -0.15) is 0 Å². The maximum Gasteiger partial charge on any atom is 0.185 e. The van der Waals surface area contributed by atoms with Gasteiger partial charge >= 0.3 is 0 Å². The van der Waals surface area contributed by atoms with E-state index in [0.717, 1.165) is 30.5 Å². The first-order valence-electron chi connectivity index (χ1n) is 7.54. The summed E-state index contributed by atoms with van der Waals surface area (Å²) in [5.41, 5.74) is 1.04. The lowest BCUT2D eigenvalue weighted by Crippen LogP contribution is -2.28. The molecule has 122 valence electrons. The van der Waals surface area contributed by atoms with Gasteiger partial charge in [-0.25, -0.2) is 4.98 Å². The van der Waals surface area contributed by atoms with Crippen LogP contribution in [0.2, 0.25) is 0 Å². The van der Waals surface area contributed by atoms with Crippen molar-refractivity contribution in [2.75, 3.05) is 39.3 Å². The maximum absolute atomic E-state index is 5.27. The average Bonchev–Trinajstić information content (AvgIpc) is 2.86. The van der Waals surface area contributed by atoms with Crippen LogP contribution in [0.25, 0.3) is 0 Å². The second kappa shape index (κ2) is 10.1. The van der Waals surface area contributed by atoms with E-state index in [1.165, 1.54) is 17.7 Å².